The number of hydrogen-bond acceptors (Lipinski definition) is 2. The number of anilines is 1. The molecule has 1 rings (SSSR count). The van der Waals surface area contributed by atoms with Crippen LogP contribution in [0.1, 0.15) is 39.0 Å². The summed E-state index contributed by atoms with van der Waals surface area (Å²) in [6.07, 6.45) is 5.42. The van der Waals surface area contributed by atoms with Crippen LogP contribution in [0, 0.1) is 3.57 Å². The highest BCUT2D eigenvalue weighted by Crippen LogP contribution is 2.11. The smallest absolute Gasteiger partial charge is 0.411 e. The van der Waals surface area contributed by atoms with Gasteiger partial charge < -0.3 is 4.74 Å². The largest absolute Gasteiger partial charge is 0.449 e. The van der Waals surface area contributed by atoms with E-state index in [2.05, 4.69) is 34.8 Å². The molecule has 1 N–H and O–H groups in total. The van der Waals surface area contributed by atoms with Gasteiger partial charge in [0, 0.05) is 9.26 Å². The number of carbonyl (C=O) groups excluding carboxylic acids is 1. The van der Waals surface area contributed by atoms with Crippen LogP contribution in [0.4, 0.5) is 10.5 Å². The molecule has 0 saturated heterocycles. The van der Waals surface area contributed by atoms with Gasteiger partial charge in [0.05, 0.1) is 6.61 Å². The van der Waals surface area contributed by atoms with Crippen LogP contribution in [0.3, 0.4) is 0 Å². The van der Waals surface area contributed by atoms with Crippen LogP contribution in [-0.4, -0.2) is 12.7 Å². The molecule has 100 valence electrons. The highest BCUT2D eigenvalue weighted by atomic mass is 127. The Morgan fingerprint density at radius 2 is 1.83 bits per heavy atom. The average Bonchev–Trinajstić information content (AvgIpc) is 2.36. The molecule has 1 aromatic carbocycles. The van der Waals surface area contributed by atoms with Crippen molar-refractivity contribution in [1.82, 2.24) is 0 Å². The lowest BCUT2D eigenvalue weighted by Crippen LogP contribution is -2.14. The van der Waals surface area contributed by atoms with Crippen LogP contribution >= 0.6 is 22.6 Å². The fraction of sp³-hybridized carbons (Fsp3) is 0.500. The summed E-state index contributed by atoms with van der Waals surface area (Å²) >= 11 is 2.22. The van der Waals surface area contributed by atoms with E-state index in [1.807, 2.05) is 24.3 Å². The maximum absolute atomic E-state index is 11.5. The molecule has 18 heavy (non-hydrogen) atoms. The molecule has 0 aliphatic heterocycles. The number of unbranched alkanes of at least 4 members (excludes halogenated alkanes) is 4. The van der Waals surface area contributed by atoms with Gasteiger partial charge in [0.25, 0.3) is 0 Å². The van der Waals surface area contributed by atoms with Gasteiger partial charge in [0.2, 0.25) is 0 Å². The minimum absolute atomic E-state index is 0.369. The Balaban J connectivity index is 2.12. The highest BCUT2D eigenvalue weighted by Gasteiger charge is 2.02. The second-order valence-corrected chi connectivity index (χ2v) is 5.43. The van der Waals surface area contributed by atoms with E-state index in [-0.39, 0.29) is 6.09 Å². The summed E-state index contributed by atoms with van der Waals surface area (Å²) in [6, 6.07) is 7.62. The van der Waals surface area contributed by atoms with Gasteiger partial charge in [0.15, 0.2) is 0 Å². The number of benzene rings is 1. The molecular weight excluding hydrogens is 341 g/mol. The van der Waals surface area contributed by atoms with Gasteiger partial charge in [-0.2, -0.15) is 0 Å². The van der Waals surface area contributed by atoms with Crippen molar-refractivity contribution >= 4 is 34.4 Å². The fourth-order valence-electron chi connectivity index (χ4n) is 1.56. The number of nitrogens with one attached hydrogen (secondary N) is 1. The number of ether oxygens (including phenoxy) is 1. The monoisotopic (exact) mass is 361 g/mol. The molecule has 0 atom stereocenters. The summed E-state index contributed by atoms with van der Waals surface area (Å²) in [5, 5.41) is 2.71. The van der Waals surface area contributed by atoms with Gasteiger partial charge in [-0.15, -0.1) is 0 Å². The van der Waals surface area contributed by atoms with Gasteiger partial charge in [-0.05, 0) is 53.3 Å². The number of halogens is 1. The number of carbonyl (C=O) groups is 1. The van der Waals surface area contributed by atoms with Gasteiger partial charge in [-0.3, -0.25) is 5.32 Å². The molecule has 1 amide bonds. The van der Waals surface area contributed by atoms with Crippen LogP contribution in [-0.2, 0) is 4.74 Å². The van der Waals surface area contributed by atoms with Crippen LogP contribution < -0.4 is 5.32 Å². The predicted molar refractivity (Wildman–Crippen MR) is 82.9 cm³/mol. The van der Waals surface area contributed by atoms with E-state index in [0.29, 0.717) is 6.61 Å². The van der Waals surface area contributed by atoms with Crippen molar-refractivity contribution in [3.63, 3.8) is 0 Å². The molecule has 0 aliphatic rings. The first kappa shape index (κ1) is 15.3. The van der Waals surface area contributed by atoms with E-state index < -0.39 is 0 Å². The van der Waals surface area contributed by atoms with E-state index in [4.69, 9.17) is 4.74 Å². The summed E-state index contributed by atoms with van der Waals surface area (Å²) in [4.78, 5) is 11.5. The normalized spacial score (nSPS) is 10.1. The summed E-state index contributed by atoms with van der Waals surface area (Å²) in [7, 11) is 0. The molecule has 0 saturated carbocycles. The van der Waals surface area contributed by atoms with Gasteiger partial charge >= 0.3 is 6.09 Å². The third-order valence-electron chi connectivity index (χ3n) is 2.57. The summed E-state index contributed by atoms with van der Waals surface area (Å²) < 4.78 is 6.25. The Kier molecular flexibility index (Phi) is 7.80. The fourth-order valence-corrected chi connectivity index (χ4v) is 1.92. The van der Waals surface area contributed by atoms with Crippen LogP contribution in [0.25, 0.3) is 0 Å². The van der Waals surface area contributed by atoms with E-state index >= 15 is 0 Å². The van der Waals surface area contributed by atoms with Crippen molar-refractivity contribution in [2.75, 3.05) is 11.9 Å². The van der Waals surface area contributed by atoms with Gasteiger partial charge in [-0.1, -0.05) is 32.6 Å². The zero-order valence-electron chi connectivity index (χ0n) is 10.7. The molecule has 0 radical (unpaired) electrons. The lowest BCUT2D eigenvalue weighted by Gasteiger charge is -2.06. The van der Waals surface area contributed by atoms with E-state index in [1.54, 1.807) is 0 Å². The van der Waals surface area contributed by atoms with E-state index in [0.717, 1.165) is 22.1 Å². The standard InChI is InChI=1S/C14H20INO2/c1-2-3-4-5-6-11-18-14(17)16-13-9-7-12(15)8-10-13/h7-10H,2-6,11H2,1H3,(H,16,17). The van der Waals surface area contributed by atoms with Crippen LogP contribution in [0.5, 0.6) is 0 Å². The van der Waals surface area contributed by atoms with Crippen molar-refractivity contribution in [1.29, 1.82) is 0 Å². The van der Waals surface area contributed by atoms with Crippen molar-refractivity contribution in [3.8, 4) is 0 Å². The van der Waals surface area contributed by atoms with Crippen LogP contribution in [0.2, 0.25) is 0 Å². The molecule has 0 heterocycles. The molecule has 0 aromatic heterocycles. The number of rotatable bonds is 7. The third-order valence-corrected chi connectivity index (χ3v) is 3.29. The van der Waals surface area contributed by atoms with Gasteiger partial charge in [-0.25, -0.2) is 4.79 Å². The van der Waals surface area contributed by atoms with Crippen molar-refractivity contribution < 1.29 is 9.53 Å². The Bertz CT molecular complexity index is 351. The molecule has 0 spiro atoms. The zero-order chi connectivity index (χ0) is 13.2. The molecule has 3 nitrogen and oxygen atoms in total. The zero-order valence-corrected chi connectivity index (χ0v) is 12.9. The second-order valence-electron chi connectivity index (χ2n) is 4.18. The Hall–Kier alpha value is -0.780. The summed E-state index contributed by atoms with van der Waals surface area (Å²) in [6.45, 7) is 2.69. The number of hydrogen-bond donors (Lipinski definition) is 1. The molecular formula is C14H20INO2. The molecule has 0 bridgehead atoms. The van der Waals surface area contributed by atoms with E-state index in [9.17, 15) is 4.79 Å². The maximum atomic E-state index is 11.5. The van der Waals surface area contributed by atoms with Crippen molar-refractivity contribution in [2.45, 2.75) is 39.0 Å². The molecule has 0 aliphatic carbocycles. The first-order valence-electron chi connectivity index (χ1n) is 6.41. The predicted octanol–water partition coefficient (Wildman–Crippen LogP) is 4.81. The Morgan fingerprint density at radius 1 is 1.17 bits per heavy atom. The van der Waals surface area contributed by atoms with Crippen molar-refractivity contribution in [3.05, 3.63) is 27.8 Å². The lowest BCUT2D eigenvalue weighted by atomic mass is 10.2. The Morgan fingerprint density at radius 3 is 2.50 bits per heavy atom. The number of amides is 1. The summed E-state index contributed by atoms with van der Waals surface area (Å²) in [5.41, 5.74) is 0.770. The minimum atomic E-state index is -0.369. The quantitative estimate of drug-likeness (QED) is 0.559. The lowest BCUT2D eigenvalue weighted by molar-refractivity contribution is 0.159. The SMILES string of the molecule is CCCCCCCOC(=O)Nc1ccc(I)cc1. The highest BCUT2D eigenvalue weighted by molar-refractivity contribution is 14.1. The van der Waals surface area contributed by atoms with Crippen molar-refractivity contribution in [2.24, 2.45) is 0 Å². The Labute approximate surface area is 122 Å². The second kappa shape index (κ2) is 9.19. The van der Waals surface area contributed by atoms with Crippen LogP contribution in [0.15, 0.2) is 24.3 Å². The van der Waals surface area contributed by atoms with E-state index in [1.165, 1.54) is 19.3 Å². The molecule has 4 heteroatoms. The molecule has 0 fully saturated rings. The van der Waals surface area contributed by atoms with Gasteiger partial charge in [0.1, 0.15) is 0 Å². The molecule has 0 unspecified atom stereocenters. The third kappa shape index (κ3) is 6.83. The summed E-state index contributed by atoms with van der Waals surface area (Å²) in [5.74, 6) is 0. The maximum Gasteiger partial charge on any atom is 0.411 e. The minimum Gasteiger partial charge on any atom is -0.449 e. The topological polar surface area (TPSA) is 38.3 Å². The first-order valence-corrected chi connectivity index (χ1v) is 7.49. The average molecular weight is 361 g/mol. The first-order chi connectivity index (χ1) is 8.72. The molecule has 1 aromatic rings.